The number of hydrogen-bond acceptors (Lipinski definition) is 5. The zero-order chi connectivity index (χ0) is 22.5. The van der Waals surface area contributed by atoms with Crippen molar-refractivity contribution in [2.75, 3.05) is 13.1 Å². The lowest BCUT2D eigenvalue weighted by molar-refractivity contribution is 0.0997. The average molecular weight is 449 g/mol. The molecule has 8 heteroatoms. The summed E-state index contributed by atoms with van der Waals surface area (Å²) in [5.41, 5.74) is 12.6. The van der Waals surface area contributed by atoms with E-state index in [-0.39, 0.29) is 17.4 Å². The van der Waals surface area contributed by atoms with Crippen LogP contribution in [0.3, 0.4) is 0 Å². The maximum atomic E-state index is 12.1. The van der Waals surface area contributed by atoms with Crippen molar-refractivity contribution in [2.45, 2.75) is 18.8 Å². The van der Waals surface area contributed by atoms with E-state index in [2.05, 4.69) is 4.98 Å². The van der Waals surface area contributed by atoms with Crippen molar-refractivity contribution < 1.29 is 14.3 Å². The molecular formula is C24H24N4O3S. The highest BCUT2D eigenvalue weighted by atomic mass is 32.1. The van der Waals surface area contributed by atoms with Crippen molar-refractivity contribution >= 4 is 23.2 Å². The maximum absolute atomic E-state index is 12.1. The van der Waals surface area contributed by atoms with E-state index >= 15 is 0 Å². The van der Waals surface area contributed by atoms with Crippen molar-refractivity contribution in [3.8, 4) is 23.1 Å². The van der Waals surface area contributed by atoms with Crippen molar-refractivity contribution in [1.29, 1.82) is 0 Å². The Bertz CT molecular complexity index is 1110. The summed E-state index contributed by atoms with van der Waals surface area (Å²) >= 11 is 5.11. The summed E-state index contributed by atoms with van der Waals surface area (Å²) in [4.78, 5) is 18.5. The molecule has 1 amide bonds. The third kappa shape index (κ3) is 5.15. The van der Waals surface area contributed by atoms with Crippen molar-refractivity contribution in [3.63, 3.8) is 0 Å². The minimum Gasteiger partial charge on any atom is -0.457 e. The van der Waals surface area contributed by atoms with Crippen molar-refractivity contribution in [3.05, 3.63) is 78.0 Å². The molecule has 1 saturated heterocycles. The second-order valence-electron chi connectivity index (χ2n) is 7.60. The molecule has 0 bridgehead atoms. The van der Waals surface area contributed by atoms with Crippen LogP contribution < -0.4 is 20.9 Å². The average Bonchev–Trinajstić information content (AvgIpc) is 2.81. The molecule has 0 spiro atoms. The normalized spacial score (nSPS) is 15.8. The number of benzene rings is 2. The number of hydrogen-bond donors (Lipinski definition) is 2. The van der Waals surface area contributed by atoms with Gasteiger partial charge in [0.25, 0.3) is 5.91 Å². The smallest absolute Gasteiger partial charge is 0.254 e. The van der Waals surface area contributed by atoms with Gasteiger partial charge in [-0.25, -0.2) is 4.98 Å². The molecule has 1 aliphatic heterocycles. The highest BCUT2D eigenvalue weighted by Crippen LogP contribution is 2.31. The maximum Gasteiger partial charge on any atom is 0.254 e. The number of aromatic nitrogens is 1. The first-order chi connectivity index (χ1) is 15.5. The summed E-state index contributed by atoms with van der Waals surface area (Å²) < 4.78 is 11.6. The quantitative estimate of drug-likeness (QED) is 0.545. The van der Waals surface area contributed by atoms with Crippen LogP contribution in [0.4, 0.5) is 0 Å². The van der Waals surface area contributed by atoms with Crippen molar-refractivity contribution in [2.24, 2.45) is 11.5 Å². The summed E-state index contributed by atoms with van der Waals surface area (Å²) in [6.45, 7) is 1.53. The van der Waals surface area contributed by atoms with Gasteiger partial charge in [0.2, 0.25) is 5.88 Å². The number of para-hydroxylation sites is 1. The van der Waals surface area contributed by atoms with Crippen LogP contribution in [0.15, 0.2) is 66.9 Å². The van der Waals surface area contributed by atoms with E-state index in [9.17, 15) is 4.79 Å². The van der Waals surface area contributed by atoms with Crippen molar-refractivity contribution in [1.82, 2.24) is 9.88 Å². The zero-order valence-corrected chi connectivity index (χ0v) is 18.3. The molecule has 1 aromatic heterocycles. The number of ether oxygens (including phenoxy) is 2. The Morgan fingerprint density at radius 2 is 1.66 bits per heavy atom. The molecule has 0 saturated carbocycles. The third-order valence-corrected chi connectivity index (χ3v) is 5.62. The summed E-state index contributed by atoms with van der Waals surface area (Å²) in [7, 11) is 0. The topological polar surface area (TPSA) is 104 Å². The van der Waals surface area contributed by atoms with E-state index in [1.165, 1.54) is 0 Å². The number of pyridine rings is 1. The first-order valence-electron chi connectivity index (χ1n) is 10.3. The fourth-order valence-electron chi connectivity index (χ4n) is 3.71. The second-order valence-corrected chi connectivity index (χ2v) is 8.02. The van der Waals surface area contributed by atoms with Gasteiger partial charge in [-0.1, -0.05) is 18.2 Å². The SMILES string of the molecule is NC(=O)c1cc([C@@H]2CCCN(C(N)=S)C2)cnc1Oc1ccc(Oc2ccccc2)cc1. The molecule has 32 heavy (non-hydrogen) atoms. The van der Waals surface area contributed by atoms with Crippen LogP contribution in [-0.4, -0.2) is 34.0 Å². The number of likely N-dealkylation sites (tertiary alicyclic amines) is 1. The van der Waals surface area contributed by atoms with Gasteiger partial charge >= 0.3 is 0 Å². The fourth-order valence-corrected chi connectivity index (χ4v) is 3.88. The Balaban J connectivity index is 1.50. The first kappa shape index (κ1) is 21.6. The summed E-state index contributed by atoms with van der Waals surface area (Å²) in [6.07, 6.45) is 3.65. The number of carbonyl (C=O) groups excluding carboxylic acids is 1. The molecule has 1 aliphatic rings. The Hall–Kier alpha value is -3.65. The number of nitrogens with two attached hydrogens (primary N) is 2. The Kier molecular flexibility index (Phi) is 6.51. The highest BCUT2D eigenvalue weighted by Gasteiger charge is 2.24. The highest BCUT2D eigenvalue weighted by molar-refractivity contribution is 7.80. The van der Waals surface area contributed by atoms with Crippen LogP contribution in [0.1, 0.15) is 34.7 Å². The van der Waals surface area contributed by atoms with Crippen LogP contribution in [0, 0.1) is 0 Å². The van der Waals surface area contributed by atoms with Gasteiger partial charge in [0.05, 0.1) is 0 Å². The van der Waals surface area contributed by atoms with E-state index < -0.39 is 5.91 Å². The first-order valence-corrected chi connectivity index (χ1v) is 10.8. The number of primary amides is 1. The fraction of sp³-hybridized carbons (Fsp3) is 0.208. The molecule has 0 radical (unpaired) electrons. The number of piperidine rings is 1. The lowest BCUT2D eigenvalue weighted by Gasteiger charge is -2.33. The number of amides is 1. The molecule has 1 atom stereocenters. The lowest BCUT2D eigenvalue weighted by Crippen LogP contribution is -2.42. The van der Waals surface area contributed by atoms with Crippen LogP contribution in [0.25, 0.3) is 0 Å². The Morgan fingerprint density at radius 1 is 1.00 bits per heavy atom. The van der Waals surface area contributed by atoms with Gasteiger partial charge in [-0.2, -0.15) is 0 Å². The third-order valence-electron chi connectivity index (χ3n) is 5.36. The van der Waals surface area contributed by atoms with Crippen LogP contribution in [0.2, 0.25) is 0 Å². The summed E-state index contributed by atoms with van der Waals surface area (Å²) in [5, 5.41) is 0.387. The molecule has 7 nitrogen and oxygen atoms in total. The molecule has 2 heterocycles. The van der Waals surface area contributed by atoms with Crippen LogP contribution in [-0.2, 0) is 0 Å². The van der Waals surface area contributed by atoms with E-state index in [0.29, 0.717) is 23.2 Å². The number of rotatable bonds is 6. The van der Waals surface area contributed by atoms with Gasteiger partial charge in [-0.15, -0.1) is 0 Å². The van der Waals surface area contributed by atoms with Gasteiger partial charge in [0, 0.05) is 25.2 Å². The Labute approximate surface area is 192 Å². The minimum atomic E-state index is -0.597. The largest absolute Gasteiger partial charge is 0.457 e. The molecule has 0 aliphatic carbocycles. The van der Waals surface area contributed by atoms with Crippen LogP contribution >= 0.6 is 12.2 Å². The van der Waals surface area contributed by atoms with Gasteiger partial charge in [0.15, 0.2) is 5.11 Å². The molecule has 3 aromatic rings. The molecule has 0 unspecified atom stereocenters. The summed E-state index contributed by atoms with van der Waals surface area (Å²) in [5.74, 6) is 1.66. The Morgan fingerprint density at radius 3 is 2.31 bits per heavy atom. The van der Waals surface area contributed by atoms with Gasteiger partial charge in [-0.3, -0.25) is 4.79 Å². The van der Waals surface area contributed by atoms with E-state index in [0.717, 1.165) is 30.7 Å². The molecule has 4 N–H and O–H groups in total. The molecule has 164 valence electrons. The summed E-state index contributed by atoms with van der Waals surface area (Å²) in [6, 6.07) is 18.3. The standard InChI is InChI=1S/C24H24N4O3S/c25-22(29)21-13-17(16-5-4-12-28(15-16)24(26)32)14-27-23(21)31-20-10-8-19(9-11-20)30-18-6-2-1-3-7-18/h1-3,6-11,13-14,16H,4-5,12,15H2,(H2,25,29)(H2,26,32)/t16-/m1/s1. The van der Waals surface area contributed by atoms with Gasteiger partial charge in [0.1, 0.15) is 22.8 Å². The second kappa shape index (κ2) is 9.65. The number of thiocarbonyl (C=S) groups is 1. The predicted octanol–water partition coefficient (Wildman–Crippen LogP) is 4.19. The molecule has 4 rings (SSSR count). The predicted molar refractivity (Wildman–Crippen MR) is 126 cm³/mol. The number of nitrogens with zero attached hydrogens (tertiary/aromatic N) is 2. The van der Waals surface area contributed by atoms with Gasteiger partial charge < -0.3 is 25.8 Å². The van der Waals surface area contributed by atoms with E-state index in [4.69, 9.17) is 33.2 Å². The lowest BCUT2D eigenvalue weighted by atomic mass is 9.91. The number of carbonyl (C=O) groups is 1. The monoisotopic (exact) mass is 448 g/mol. The molecule has 2 aromatic carbocycles. The van der Waals surface area contributed by atoms with Gasteiger partial charge in [-0.05, 0) is 73.1 Å². The van der Waals surface area contributed by atoms with Crippen LogP contribution in [0.5, 0.6) is 23.1 Å². The minimum absolute atomic E-state index is 0.166. The van der Waals surface area contributed by atoms with E-state index in [1.807, 2.05) is 35.2 Å². The molecular weight excluding hydrogens is 424 g/mol. The zero-order valence-electron chi connectivity index (χ0n) is 17.4. The molecule has 1 fully saturated rings. The van der Waals surface area contributed by atoms with E-state index in [1.54, 1.807) is 36.5 Å².